The highest BCUT2D eigenvalue weighted by Gasteiger charge is 2.47. The van der Waals surface area contributed by atoms with Crippen LogP contribution in [0.1, 0.15) is 25.7 Å². The Morgan fingerprint density at radius 1 is 1.05 bits per heavy atom. The van der Waals surface area contributed by atoms with E-state index >= 15 is 0 Å². The molecule has 4 amide bonds. The summed E-state index contributed by atoms with van der Waals surface area (Å²) in [6.45, 7) is 2.38. The third-order valence-electron chi connectivity index (χ3n) is 8.68. The van der Waals surface area contributed by atoms with Crippen LogP contribution >= 0.6 is 0 Å². The number of hydrogen-bond donors (Lipinski definition) is 5. The first-order valence-electron chi connectivity index (χ1n) is 13.9. The van der Waals surface area contributed by atoms with Crippen molar-refractivity contribution >= 4 is 23.6 Å². The van der Waals surface area contributed by atoms with Gasteiger partial charge < -0.3 is 45.4 Å². The maximum Gasteiger partial charge on any atom is 0.249 e. The molecule has 0 saturated carbocycles. The normalized spacial score (nSPS) is 37.1. The van der Waals surface area contributed by atoms with Gasteiger partial charge in [0.2, 0.25) is 23.6 Å². The molecular weight excluding hydrogens is 512 g/mol. The number of nitrogens with zero attached hydrogens (tertiary/aromatic N) is 3. The maximum atomic E-state index is 14.0. The second kappa shape index (κ2) is 12.0. The molecule has 5 N–H and O–H groups in total. The van der Waals surface area contributed by atoms with Gasteiger partial charge in [0.1, 0.15) is 31.0 Å². The number of likely N-dealkylation sites (tertiary alicyclic amines) is 1. The van der Waals surface area contributed by atoms with Crippen molar-refractivity contribution in [1.82, 2.24) is 30.7 Å². The lowest BCUT2D eigenvalue weighted by atomic mass is 10.0. The summed E-state index contributed by atoms with van der Waals surface area (Å²) in [6, 6.07) is -1.49. The Balaban J connectivity index is 1.42. The summed E-state index contributed by atoms with van der Waals surface area (Å²) in [6.07, 6.45) is -2.40. The van der Waals surface area contributed by atoms with Crippen molar-refractivity contribution in [1.29, 1.82) is 0 Å². The van der Waals surface area contributed by atoms with E-state index in [0.717, 1.165) is 25.9 Å². The molecule has 218 valence electrons. The Labute approximate surface area is 227 Å². The highest BCUT2D eigenvalue weighted by atomic mass is 16.5. The largest absolute Gasteiger partial charge is 0.388 e. The molecular formula is C25H40N6O8. The topological polar surface area (TPSA) is 173 Å². The van der Waals surface area contributed by atoms with E-state index in [1.165, 1.54) is 12.0 Å². The minimum Gasteiger partial charge on any atom is -0.388 e. The van der Waals surface area contributed by atoms with Crippen molar-refractivity contribution in [2.75, 3.05) is 59.5 Å². The predicted molar refractivity (Wildman–Crippen MR) is 135 cm³/mol. The molecule has 14 heteroatoms. The van der Waals surface area contributed by atoms with Crippen LogP contribution in [0.2, 0.25) is 0 Å². The second-order valence-electron chi connectivity index (χ2n) is 11.2. The van der Waals surface area contributed by atoms with Gasteiger partial charge in [0.15, 0.2) is 0 Å². The van der Waals surface area contributed by atoms with Crippen molar-refractivity contribution < 1.29 is 38.9 Å². The average Bonchev–Trinajstić information content (AvgIpc) is 3.47. The van der Waals surface area contributed by atoms with E-state index in [2.05, 4.69) is 20.9 Å². The molecule has 14 nitrogen and oxygen atoms in total. The molecule has 5 saturated heterocycles. The number of hydrogen-bond acceptors (Lipinski definition) is 10. The molecule has 0 unspecified atom stereocenters. The molecule has 39 heavy (non-hydrogen) atoms. The number of aliphatic hydroxyl groups excluding tert-OH is 2. The summed E-state index contributed by atoms with van der Waals surface area (Å²) < 4.78 is 10.8. The number of nitrogens with one attached hydrogen (secondary N) is 3. The second-order valence-corrected chi connectivity index (χ2v) is 11.2. The molecule has 0 spiro atoms. The molecule has 5 fully saturated rings. The Kier molecular flexibility index (Phi) is 8.69. The first-order valence-corrected chi connectivity index (χ1v) is 13.9. The third kappa shape index (κ3) is 5.91. The van der Waals surface area contributed by atoms with Gasteiger partial charge in [0.05, 0.1) is 25.1 Å². The number of fused-ring (bicyclic) bond motifs is 6. The van der Waals surface area contributed by atoms with Crippen LogP contribution in [-0.4, -0.2) is 157 Å². The number of piperazine rings is 1. The molecule has 0 aromatic heterocycles. The van der Waals surface area contributed by atoms with Gasteiger partial charge >= 0.3 is 0 Å². The first kappa shape index (κ1) is 28.2. The number of carbonyl (C=O) groups is 4. The standard InChI is InChI=1S/C25H40N6O8/c1-38-13-21(33)30-7-6-29-12-17(30)24(36)27-10-19-23(35)22(34)18(39-19)9-20(32)28-14-8-16(25(29)37)31(11-14)15-2-4-26-5-3-15/h14-19,22-23,26,34-35H,2-13H2,1H3,(H,27,36)(H,28,32)/t14-,16-,17-,18-,19+,22-,23+/m0/s1. The zero-order valence-corrected chi connectivity index (χ0v) is 22.3. The number of carbonyl (C=O) groups excluding carboxylic acids is 4. The van der Waals surface area contributed by atoms with Crippen LogP contribution in [-0.2, 0) is 28.7 Å². The van der Waals surface area contributed by atoms with Crippen molar-refractivity contribution in [3.63, 3.8) is 0 Å². The van der Waals surface area contributed by atoms with Gasteiger partial charge in [-0.2, -0.15) is 0 Å². The minimum absolute atomic E-state index is 0.0209. The van der Waals surface area contributed by atoms with Crippen molar-refractivity contribution in [3.05, 3.63) is 0 Å². The summed E-state index contributed by atoms with van der Waals surface area (Å²) in [5.74, 6) is -1.28. The highest BCUT2D eigenvalue weighted by molar-refractivity contribution is 5.90. The number of aliphatic hydroxyl groups is 2. The van der Waals surface area contributed by atoms with Gasteiger partial charge in [0, 0.05) is 45.4 Å². The van der Waals surface area contributed by atoms with E-state index in [9.17, 15) is 29.4 Å². The smallest absolute Gasteiger partial charge is 0.249 e. The van der Waals surface area contributed by atoms with E-state index in [1.54, 1.807) is 4.90 Å². The molecule has 5 rings (SSSR count). The van der Waals surface area contributed by atoms with Crippen LogP contribution < -0.4 is 16.0 Å². The van der Waals surface area contributed by atoms with E-state index in [4.69, 9.17) is 9.47 Å². The molecule has 5 aliphatic heterocycles. The molecule has 7 atom stereocenters. The maximum absolute atomic E-state index is 14.0. The fraction of sp³-hybridized carbons (Fsp3) is 0.840. The third-order valence-corrected chi connectivity index (χ3v) is 8.68. The lowest BCUT2D eigenvalue weighted by Gasteiger charge is -2.43. The Morgan fingerprint density at radius 3 is 2.54 bits per heavy atom. The highest BCUT2D eigenvalue weighted by Crippen LogP contribution is 2.29. The minimum atomic E-state index is -1.29. The zero-order chi connectivity index (χ0) is 27.7. The molecule has 0 aliphatic carbocycles. The van der Waals surface area contributed by atoms with Crippen molar-refractivity contribution in [2.45, 2.75) is 74.3 Å². The van der Waals surface area contributed by atoms with Crippen LogP contribution in [0.3, 0.4) is 0 Å². The van der Waals surface area contributed by atoms with E-state index in [-0.39, 0.29) is 69.0 Å². The average molecular weight is 553 g/mol. The van der Waals surface area contributed by atoms with Gasteiger partial charge in [-0.1, -0.05) is 0 Å². The van der Waals surface area contributed by atoms with Crippen LogP contribution in [0.4, 0.5) is 0 Å². The molecule has 0 radical (unpaired) electrons. The number of rotatable bonds is 3. The molecule has 6 bridgehead atoms. The monoisotopic (exact) mass is 552 g/mol. The fourth-order valence-corrected chi connectivity index (χ4v) is 6.62. The molecule has 0 aromatic carbocycles. The van der Waals surface area contributed by atoms with Crippen molar-refractivity contribution in [3.8, 4) is 0 Å². The van der Waals surface area contributed by atoms with Crippen molar-refractivity contribution in [2.24, 2.45) is 0 Å². The van der Waals surface area contributed by atoms with Crippen LogP contribution in [0, 0.1) is 0 Å². The molecule has 5 aliphatic rings. The Bertz CT molecular complexity index is 948. The number of amides is 4. The van der Waals surface area contributed by atoms with Gasteiger partial charge in [0.25, 0.3) is 0 Å². The molecule has 0 aromatic rings. The van der Waals surface area contributed by atoms with Gasteiger partial charge in [-0.05, 0) is 32.4 Å². The van der Waals surface area contributed by atoms with E-state index in [0.29, 0.717) is 13.0 Å². The van der Waals surface area contributed by atoms with E-state index < -0.39 is 42.4 Å². The number of piperidine rings is 1. The Hall–Kier alpha value is -2.36. The van der Waals surface area contributed by atoms with Crippen LogP contribution in [0.25, 0.3) is 0 Å². The summed E-state index contributed by atoms with van der Waals surface area (Å²) in [7, 11) is 1.40. The summed E-state index contributed by atoms with van der Waals surface area (Å²) in [5, 5.41) is 30.1. The molecule has 5 heterocycles. The van der Waals surface area contributed by atoms with Gasteiger partial charge in [-0.15, -0.1) is 0 Å². The predicted octanol–water partition coefficient (Wildman–Crippen LogP) is -4.01. The summed E-state index contributed by atoms with van der Waals surface area (Å²) in [5.41, 5.74) is 0. The zero-order valence-electron chi connectivity index (χ0n) is 22.3. The summed E-state index contributed by atoms with van der Waals surface area (Å²) >= 11 is 0. The quantitative estimate of drug-likeness (QED) is 0.232. The van der Waals surface area contributed by atoms with Gasteiger partial charge in [-0.3, -0.25) is 24.1 Å². The van der Waals surface area contributed by atoms with Gasteiger partial charge in [-0.25, -0.2) is 0 Å². The number of methoxy groups -OCH3 is 1. The lowest BCUT2D eigenvalue weighted by molar-refractivity contribution is -0.152. The first-order chi connectivity index (χ1) is 18.8. The van der Waals surface area contributed by atoms with E-state index in [1.807, 2.05) is 0 Å². The SMILES string of the molecule is COCC(=O)N1CCN2C[C@H]1C(=O)NC[C@H]1O[C@@H](CC(=O)N[C@H]3C[C@@H](C2=O)N(C2CCNCC2)C3)[C@H](O)[C@@H]1O. The summed E-state index contributed by atoms with van der Waals surface area (Å²) in [4.78, 5) is 58.3. The number of ether oxygens (including phenoxy) is 2. The Morgan fingerprint density at radius 2 is 1.79 bits per heavy atom. The van der Waals surface area contributed by atoms with Crippen LogP contribution in [0.15, 0.2) is 0 Å². The fourth-order valence-electron chi connectivity index (χ4n) is 6.62. The van der Waals surface area contributed by atoms with Crippen LogP contribution in [0.5, 0.6) is 0 Å². The lowest BCUT2D eigenvalue weighted by Crippen LogP contribution is -2.64.